The number of hydrogen-bond acceptors (Lipinski definition) is 2. The summed E-state index contributed by atoms with van der Waals surface area (Å²) in [5.41, 5.74) is 0.119. The van der Waals surface area contributed by atoms with E-state index >= 15 is 0 Å². The van der Waals surface area contributed by atoms with Crippen molar-refractivity contribution in [2.75, 3.05) is 12.0 Å². The maximum Gasteiger partial charge on any atom is 0.148 e. The molecule has 0 atom stereocenters. The van der Waals surface area contributed by atoms with Crippen molar-refractivity contribution in [2.24, 2.45) is 11.3 Å². The minimum Gasteiger partial charge on any atom is -0.229 e. The number of sulfone groups is 1. The largest absolute Gasteiger partial charge is 0.229 e. The quantitative estimate of drug-likeness (QED) is 0.680. The van der Waals surface area contributed by atoms with Crippen LogP contribution in [0.15, 0.2) is 0 Å². The fourth-order valence-electron chi connectivity index (χ4n) is 2.04. The average molecular weight is 190 g/mol. The number of rotatable bonds is 3. The van der Waals surface area contributed by atoms with Crippen molar-refractivity contribution in [3.05, 3.63) is 0 Å². The average Bonchev–Trinajstić information content (AvgIpc) is 1.75. The molecule has 1 aliphatic carbocycles. The first kappa shape index (κ1) is 10.0. The highest BCUT2D eigenvalue weighted by Crippen LogP contribution is 2.47. The molecular weight excluding hydrogens is 172 g/mol. The Labute approximate surface area is 75.3 Å². The van der Waals surface area contributed by atoms with Gasteiger partial charge in [-0.1, -0.05) is 20.3 Å². The van der Waals surface area contributed by atoms with E-state index < -0.39 is 9.84 Å². The van der Waals surface area contributed by atoms with Crippen molar-refractivity contribution < 1.29 is 8.42 Å². The molecule has 0 aliphatic heterocycles. The highest BCUT2D eigenvalue weighted by molar-refractivity contribution is 7.90. The van der Waals surface area contributed by atoms with Crippen molar-refractivity contribution >= 4 is 9.84 Å². The van der Waals surface area contributed by atoms with Gasteiger partial charge in [-0.25, -0.2) is 8.42 Å². The Kier molecular flexibility index (Phi) is 2.52. The fraction of sp³-hybridized carbons (Fsp3) is 1.00. The van der Waals surface area contributed by atoms with Gasteiger partial charge in [0.1, 0.15) is 9.84 Å². The molecule has 0 unspecified atom stereocenters. The number of hydrogen-bond donors (Lipinski definition) is 0. The molecule has 2 nitrogen and oxygen atoms in total. The molecular formula is C9H18O2S. The van der Waals surface area contributed by atoms with Crippen LogP contribution in [-0.4, -0.2) is 20.4 Å². The second kappa shape index (κ2) is 3.02. The van der Waals surface area contributed by atoms with E-state index in [1.165, 1.54) is 12.7 Å². The van der Waals surface area contributed by atoms with E-state index in [1.54, 1.807) is 0 Å². The van der Waals surface area contributed by atoms with Crippen molar-refractivity contribution in [1.82, 2.24) is 0 Å². The van der Waals surface area contributed by atoms with Crippen LogP contribution in [0.25, 0.3) is 0 Å². The van der Waals surface area contributed by atoms with E-state index in [1.807, 2.05) is 0 Å². The maximum absolute atomic E-state index is 11.1. The summed E-state index contributed by atoms with van der Waals surface area (Å²) in [6.45, 7) is 4.26. The summed E-state index contributed by atoms with van der Waals surface area (Å²) in [5.74, 6) is 0.887. The predicted octanol–water partition coefficient (Wildman–Crippen LogP) is 1.86. The summed E-state index contributed by atoms with van der Waals surface area (Å²) in [7, 11) is -2.79. The molecule has 1 fully saturated rings. The van der Waals surface area contributed by atoms with Gasteiger partial charge in [0, 0.05) is 6.26 Å². The predicted molar refractivity (Wildman–Crippen MR) is 50.8 cm³/mol. The van der Waals surface area contributed by atoms with Crippen molar-refractivity contribution in [3.8, 4) is 0 Å². The Morgan fingerprint density at radius 1 is 1.33 bits per heavy atom. The van der Waals surface area contributed by atoms with Gasteiger partial charge in [-0.15, -0.1) is 0 Å². The third-order valence-electron chi connectivity index (χ3n) is 3.12. The molecule has 0 amide bonds. The Bertz CT molecular complexity index is 248. The summed E-state index contributed by atoms with van der Waals surface area (Å²) in [5, 5.41) is 0. The first-order valence-electron chi connectivity index (χ1n) is 4.53. The fourth-order valence-corrected chi connectivity index (χ4v) is 3.71. The monoisotopic (exact) mass is 190 g/mol. The topological polar surface area (TPSA) is 34.1 Å². The van der Waals surface area contributed by atoms with Crippen LogP contribution in [0.3, 0.4) is 0 Å². The summed E-state index contributed by atoms with van der Waals surface area (Å²) < 4.78 is 22.3. The third-order valence-corrected chi connectivity index (χ3v) is 4.22. The first-order chi connectivity index (χ1) is 5.36. The lowest BCUT2D eigenvalue weighted by Gasteiger charge is -2.45. The highest BCUT2D eigenvalue weighted by atomic mass is 32.2. The molecule has 0 aromatic carbocycles. The van der Waals surface area contributed by atoms with E-state index in [0.29, 0.717) is 11.7 Å². The lowest BCUT2D eigenvalue weighted by molar-refractivity contribution is 0.0973. The Hall–Kier alpha value is -0.0500. The molecule has 1 saturated carbocycles. The lowest BCUT2D eigenvalue weighted by atomic mass is 9.63. The van der Waals surface area contributed by atoms with E-state index in [4.69, 9.17) is 0 Å². The highest BCUT2D eigenvalue weighted by Gasteiger charge is 2.42. The molecule has 0 N–H and O–H groups in total. The molecule has 72 valence electrons. The zero-order valence-electron chi connectivity index (χ0n) is 8.13. The van der Waals surface area contributed by atoms with Gasteiger partial charge in [0.2, 0.25) is 0 Å². The van der Waals surface area contributed by atoms with Crippen molar-refractivity contribution in [2.45, 2.75) is 33.1 Å². The third kappa shape index (κ3) is 2.00. The van der Waals surface area contributed by atoms with Gasteiger partial charge in [0.05, 0.1) is 5.75 Å². The zero-order valence-corrected chi connectivity index (χ0v) is 8.95. The van der Waals surface area contributed by atoms with Crippen LogP contribution >= 0.6 is 0 Å². The van der Waals surface area contributed by atoms with E-state index in [9.17, 15) is 8.42 Å². The second-order valence-electron chi connectivity index (χ2n) is 4.44. The SMILES string of the molecule is CC(C)C1(CS(C)(=O)=O)CCC1. The van der Waals surface area contributed by atoms with Gasteiger partial charge >= 0.3 is 0 Å². The van der Waals surface area contributed by atoms with Gasteiger partial charge in [0.15, 0.2) is 0 Å². The molecule has 0 heterocycles. The van der Waals surface area contributed by atoms with E-state index in [2.05, 4.69) is 13.8 Å². The first-order valence-corrected chi connectivity index (χ1v) is 6.59. The molecule has 0 bridgehead atoms. The summed E-state index contributed by atoms with van der Waals surface area (Å²) >= 11 is 0. The van der Waals surface area contributed by atoms with Crippen LogP contribution in [0.2, 0.25) is 0 Å². The van der Waals surface area contributed by atoms with Crippen LogP contribution in [0.1, 0.15) is 33.1 Å². The normalized spacial score (nSPS) is 22.3. The van der Waals surface area contributed by atoms with Gasteiger partial charge in [-0.05, 0) is 24.2 Å². The van der Waals surface area contributed by atoms with E-state index in [0.717, 1.165) is 12.8 Å². The Balaban J connectivity index is 2.70. The zero-order chi connectivity index (χ0) is 9.41. The molecule has 0 saturated heterocycles. The summed E-state index contributed by atoms with van der Waals surface area (Å²) in [6, 6.07) is 0. The molecule has 1 rings (SSSR count). The molecule has 1 aliphatic rings. The molecule has 0 spiro atoms. The maximum atomic E-state index is 11.1. The molecule has 3 heteroatoms. The van der Waals surface area contributed by atoms with Gasteiger partial charge in [0.25, 0.3) is 0 Å². The standard InChI is InChI=1S/C9H18O2S/c1-8(2)9(5-4-6-9)7-12(3,10)11/h8H,4-7H2,1-3H3. The van der Waals surface area contributed by atoms with Crippen LogP contribution in [-0.2, 0) is 9.84 Å². The second-order valence-corrected chi connectivity index (χ2v) is 6.58. The minimum absolute atomic E-state index is 0.119. The van der Waals surface area contributed by atoms with Crippen LogP contribution < -0.4 is 0 Å². The van der Waals surface area contributed by atoms with Crippen LogP contribution in [0.4, 0.5) is 0 Å². The van der Waals surface area contributed by atoms with Gasteiger partial charge in [-0.2, -0.15) is 0 Å². The lowest BCUT2D eigenvalue weighted by Crippen LogP contribution is -2.40. The van der Waals surface area contributed by atoms with Gasteiger partial charge in [-0.3, -0.25) is 0 Å². The van der Waals surface area contributed by atoms with Crippen molar-refractivity contribution in [1.29, 1.82) is 0 Å². The van der Waals surface area contributed by atoms with Crippen LogP contribution in [0, 0.1) is 11.3 Å². The molecule has 12 heavy (non-hydrogen) atoms. The summed E-state index contributed by atoms with van der Waals surface area (Å²) in [4.78, 5) is 0. The van der Waals surface area contributed by atoms with Crippen LogP contribution in [0.5, 0.6) is 0 Å². The molecule has 0 aromatic heterocycles. The molecule has 0 aromatic rings. The molecule has 0 radical (unpaired) electrons. The Morgan fingerprint density at radius 3 is 1.92 bits per heavy atom. The van der Waals surface area contributed by atoms with Gasteiger partial charge < -0.3 is 0 Å². The Morgan fingerprint density at radius 2 is 1.83 bits per heavy atom. The summed E-state index contributed by atoms with van der Waals surface area (Å²) in [6.07, 6.45) is 4.73. The smallest absolute Gasteiger partial charge is 0.148 e. The van der Waals surface area contributed by atoms with E-state index in [-0.39, 0.29) is 5.41 Å². The minimum atomic E-state index is -2.79. The van der Waals surface area contributed by atoms with Crippen molar-refractivity contribution in [3.63, 3.8) is 0 Å².